The van der Waals surface area contributed by atoms with Crippen LogP contribution in [0.3, 0.4) is 0 Å². The number of rotatable bonds is 8. The van der Waals surface area contributed by atoms with Gasteiger partial charge in [0, 0.05) is 0 Å². The van der Waals surface area contributed by atoms with Crippen molar-refractivity contribution in [1.82, 2.24) is 0 Å². The third-order valence-electron chi connectivity index (χ3n) is 2.99. The zero-order chi connectivity index (χ0) is 14.1. The van der Waals surface area contributed by atoms with Crippen LogP contribution in [0.15, 0.2) is 24.3 Å². The third-order valence-corrected chi connectivity index (χ3v) is 2.99. The van der Waals surface area contributed by atoms with Crippen molar-refractivity contribution in [3.8, 4) is 5.75 Å². The summed E-state index contributed by atoms with van der Waals surface area (Å²) in [6.45, 7) is 6.77. The summed E-state index contributed by atoms with van der Waals surface area (Å²) in [6, 6.07) is 7.14. The predicted molar refractivity (Wildman–Crippen MR) is 76.6 cm³/mol. The van der Waals surface area contributed by atoms with Crippen LogP contribution in [-0.2, 0) is 4.74 Å². The fraction of sp³-hybridized carbons (Fsp3) is 0.562. The number of hydrogen-bond donors (Lipinski definition) is 0. The fourth-order valence-corrected chi connectivity index (χ4v) is 1.56. The van der Waals surface area contributed by atoms with Crippen LogP contribution in [0.4, 0.5) is 0 Å². The summed E-state index contributed by atoms with van der Waals surface area (Å²) in [5, 5.41) is 0. The molecule has 0 aliphatic rings. The molecule has 0 saturated heterocycles. The van der Waals surface area contributed by atoms with Crippen LogP contribution in [-0.4, -0.2) is 18.7 Å². The van der Waals surface area contributed by atoms with Gasteiger partial charge in [0.15, 0.2) is 0 Å². The molecule has 1 aromatic carbocycles. The summed E-state index contributed by atoms with van der Waals surface area (Å²) < 4.78 is 10.9. The number of unbranched alkanes of at least 4 members (excludes halogenated alkanes) is 2. The second kappa shape index (κ2) is 8.57. The lowest BCUT2D eigenvalue weighted by molar-refractivity contribution is 0.0334. The molecule has 0 saturated carbocycles. The van der Waals surface area contributed by atoms with E-state index in [1.54, 1.807) is 12.1 Å². The Bertz CT molecular complexity index is 370. The van der Waals surface area contributed by atoms with Gasteiger partial charge in [-0.25, -0.2) is 4.79 Å². The van der Waals surface area contributed by atoms with Crippen molar-refractivity contribution in [3.05, 3.63) is 29.8 Å². The molecule has 0 amide bonds. The first-order valence-electron chi connectivity index (χ1n) is 7.11. The molecule has 106 valence electrons. The van der Waals surface area contributed by atoms with Gasteiger partial charge in [-0.05, 0) is 44.0 Å². The second-order valence-electron chi connectivity index (χ2n) is 4.70. The number of benzene rings is 1. The maximum absolute atomic E-state index is 11.8. The monoisotopic (exact) mass is 264 g/mol. The van der Waals surface area contributed by atoms with Crippen LogP contribution in [0.1, 0.15) is 56.8 Å². The Kier molecular flexibility index (Phi) is 7.01. The van der Waals surface area contributed by atoms with Crippen molar-refractivity contribution < 1.29 is 14.3 Å². The Labute approximate surface area is 115 Å². The van der Waals surface area contributed by atoms with E-state index in [4.69, 9.17) is 9.47 Å². The van der Waals surface area contributed by atoms with Crippen LogP contribution < -0.4 is 4.74 Å². The van der Waals surface area contributed by atoms with Gasteiger partial charge in [0.1, 0.15) is 5.75 Å². The number of ether oxygens (including phenoxy) is 2. The first kappa shape index (κ1) is 15.5. The molecule has 1 rings (SSSR count). The highest BCUT2D eigenvalue weighted by atomic mass is 16.5. The molecular weight excluding hydrogens is 240 g/mol. The van der Waals surface area contributed by atoms with E-state index in [0.717, 1.165) is 25.2 Å². The number of hydrogen-bond acceptors (Lipinski definition) is 3. The first-order valence-corrected chi connectivity index (χ1v) is 7.11. The van der Waals surface area contributed by atoms with Gasteiger partial charge in [-0.1, -0.05) is 26.7 Å². The molecule has 0 aliphatic carbocycles. The lowest BCUT2D eigenvalue weighted by atomic mass is 10.2. The van der Waals surface area contributed by atoms with Crippen LogP contribution in [0.25, 0.3) is 0 Å². The smallest absolute Gasteiger partial charge is 0.338 e. The minimum Gasteiger partial charge on any atom is -0.494 e. The van der Waals surface area contributed by atoms with E-state index in [9.17, 15) is 4.79 Å². The molecule has 0 aromatic heterocycles. The summed E-state index contributed by atoms with van der Waals surface area (Å²) in [6.07, 6.45) is 4.21. The minimum absolute atomic E-state index is 0.0440. The van der Waals surface area contributed by atoms with E-state index < -0.39 is 0 Å². The van der Waals surface area contributed by atoms with E-state index in [0.29, 0.717) is 5.56 Å². The van der Waals surface area contributed by atoms with Crippen molar-refractivity contribution in [2.24, 2.45) is 0 Å². The van der Waals surface area contributed by atoms with Crippen LogP contribution >= 0.6 is 0 Å². The molecule has 3 nitrogen and oxygen atoms in total. The highest BCUT2D eigenvalue weighted by Gasteiger charge is 2.10. The van der Waals surface area contributed by atoms with Gasteiger partial charge < -0.3 is 9.47 Å². The normalized spacial score (nSPS) is 11.9. The largest absolute Gasteiger partial charge is 0.494 e. The molecule has 1 aromatic rings. The summed E-state index contributed by atoms with van der Waals surface area (Å²) in [5.74, 6) is 0.531. The number of carbonyl (C=O) groups is 1. The molecule has 0 N–H and O–H groups in total. The molecule has 1 unspecified atom stereocenters. The average molecular weight is 264 g/mol. The van der Waals surface area contributed by atoms with Gasteiger partial charge in [0.2, 0.25) is 0 Å². The second-order valence-corrected chi connectivity index (χ2v) is 4.70. The topological polar surface area (TPSA) is 35.5 Å². The van der Waals surface area contributed by atoms with Crippen LogP contribution in [0.2, 0.25) is 0 Å². The third kappa shape index (κ3) is 5.77. The van der Waals surface area contributed by atoms with Crippen molar-refractivity contribution in [2.75, 3.05) is 6.61 Å². The Morgan fingerprint density at radius 1 is 1.16 bits per heavy atom. The molecule has 0 aliphatic heterocycles. The highest BCUT2D eigenvalue weighted by Crippen LogP contribution is 2.14. The van der Waals surface area contributed by atoms with Crippen LogP contribution in [0.5, 0.6) is 5.75 Å². The Morgan fingerprint density at radius 2 is 1.84 bits per heavy atom. The van der Waals surface area contributed by atoms with Gasteiger partial charge in [0.25, 0.3) is 0 Å². The maximum atomic E-state index is 11.8. The molecule has 3 heteroatoms. The molecule has 0 radical (unpaired) electrons. The first-order chi connectivity index (χ1) is 9.17. The zero-order valence-corrected chi connectivity index (χ0v) is 12.1. The molecule has 19 heavy (non-hydrogen) atoms. The number of esters is 1. The molecule has 0 fully saturated rings. The minimum atomic E-state index is -0.271. The van der Waals surface area contributed by atoms with Gasteiger partial charge in [-0.3, -0.25) is 0 Å². The summed E-state index contributed by atoms with van der Waals surface area (Å²) in [5.41, 5.74) is 0.571. The summed E-state index contributed by atoms with van der Waals surface area (Å²) in [7, 11) is 0. The Balaban J connectivity index is 2.44. The molecule has 0 bridgehead atoms. The number of carbonyl (C=O) groups excluding carboxylic acids is 1. The lowest BCUT2D eigenvalue weighted by Gasteiger charge is -2.11. The molecule has 1 atom stereocenters. The molecule has 0 spiro atoms. The fourth-order valence-electron chi connectivity index (χ4n) is 1.56. The summed E-state index contributed by atoms with van der Waals surface area (Å²) >= 11 is 0. The quantitative estimate of drug-likeness (QED) is 0.521. The van der Waals surface area contributed by atoms with Crippen LogP contribution in [0, 0.1) is 0 Å². The van der Waals surface area contributed by atoms with E-state index in [1.165, 1.54) is 12.8 Å². The van der Waals surface area contributed by atoms with E-state index in [2.05, 4.69) is 6.92 Å². The van der Waals surface area contributed by atoms with Gasteiger partial charge in [-0.15, -0.1) is 0 Å². The van der Waals surface area contributed by atoms with Gasteiger partial charge >= 0.3 is 5.97 Å². The molecular formula is C16H24O3. The maximum Gasteiger partial charge on any atom is 0.338 e. The van der Waals surface area contributed by atoms with Crippen molar-refractivity contribution in [2.45, 2.75) is 52.6 Å². The van der Waals surface area contributed by atoms with E-state index >= 15 is 0 Å². The standard InChI is InChI=1S/C16H24O3/c1-4-6-7-12-18-15-10-8-14(9-11-15)16(17)19-13(3)5-2/h8-11,13H,4-7,12H2,1-3H3. The van der Waals surface area contributed by atoms with Crippen molar-refractivity contribution >= 4 is 5.97 Å². The lowest BCUT2D eigenvalue weighted by Crippen LogP contribution is -2.13. The van der Waals surface area contributed by atoms with Gasteiger partial charge in [-0.2, -0.15) is 0 Å². The Hall–Kier alpha value is -1.51. The average Bonchev–Trinajstić information content (AvgIpc) is 2.44. The van der Waals surface area contributed by atoms with E-state index in [1.807, 2.05) is 26.0 Å². The highest BCUT2D eigenvalue weighted by molar-refractivity contribution is 5.89. The zero-order valence-electron chi connectivity index (χ0n) is 12.1. The Morgan fingerprint density at radius 3 is 2.42 bits per heavy atom. The van der Waals surface area contributed by atoms with Crippen molar-refractivity contribution in [3.63, 3.8) is 0 Å². The van der Waals surface area contributed by atoms with E-state index in [-0.39, 0.29) is 12.1 Å². The predicted octanol–water partition coefficient (Wildman–Crippen LogP) is 4.21. The SMILES string of the molecule is CCCCCOc1ccc(C(=O)OC(C)CC)cc1. The molecule has 0 heterocycles. The van der Waals surface area contributed by atoms with Crippen molar-refractivity contribution in [1.29, 1.82) is 0 Å². The summed E-state index contributed by atoms with van der Waals surface area (Å²) in [4.78, 5) is 11.8. The van der Waals surface area contributed by atoms with Gasteiger partial charge in [0.05, 0.1) is 18.3 Å².